The SMILES string of the molecule is CCOC(=O)c1c(N)nsc1NCC(C)CN1CCCC1. The Bertz CT molecular complexity index is 472. The van der Waals surface area contributed by atoms with Crippen LogP contribution in [-0.2, 0) is 4.74 Å². The average Bonchev–Trinajstić information content (AvgIpc) is 3.06. The zero-order valence-electron chi connectivity index (χ0n) is 12.7. The molecule has 1 aliphatic heterocycles. The van der Waals surface area contributed by atoms with Crippen LogP contribution in [0.3, 0.4) is 0 Å². The molecule has 3 N–H and O–H groups in total. The first-order valence-electron chi connectivity index (χ1n) is 7.50. The fourth-order valence-electron chi connectivity index (χ4n) is 2.56. The number of likely N-dealkylation sites (tertiary alicyclic amines) is 1. The number of esters is 1. The van der Waals surface area contributed by atoms with Crippen molar-refractivity contribution < 1.29 is 9.53 Å². The van der Waals surface area contributed by atoms with Crippen LogP contribution >= 0.6 is 11.5 Å². The van der Waals surface area contributed by atoms with Gasteiger partial charge in [0.2, 0.25) is 0 Å². The largest absolute Gasteiger partial charge is 0.462 e. The Hall–Kier alpha value is -1.34. The van der Waals surface area contributed by atoms with Gasteiger partial charge in [-0.25, -0.2) is 4.79 Å². The first-order valence-corrected chi connectivity index (χ1v) is 8.27. The van der Waals surface area contributed by atoms with E-state index in [-0.39, 0.29) is 5.82 Å². The molecule has 1 unspecified atom stereocenters. The summed E-state index contributed by atoms with van der Waals surface area (Å²) in [5.74, 6) is 0.341. The van der Waals surface area contributed by atoms with Crippen LogP contribution < -0.4 is 11.1 Å². The zero-order chi connectivity index (χ0) is 15.2. The van der Waals surface area contributed by atoms with Crippen LogP contribution in [0.25, 0.3) is 0 Å². The van der Waals surface area contributed by atoms with Crippen LogP contribution in [0, 0.1) is 5.92 Å². The Kier molecular flexibility index (Phi) is 5.81. The maximum Gasteiger partial charge on any atom is 0.344 e. The van der Waals surface area contributed by atoms with Gasteiger partial charge in [0.1, 0.15) is 10.6 Å². The van der Waals surface area contributed by atoms with E-state index in [1.165, 1.54) is 37.5 Å². The second-order valence-corrected chi connectivity index (χ2v) is 6.26. The van der Waals surface area contributed by atoms with Gasteiger partial charge in [-0.15, -0.1) is 0 Å². The number of carbonyl (C=O) groups excluding carboxylic acids is 1. The molecule has 1 aliphatic rings. The number of nitrogens with two attached hydrogens (primary N) is 1. The number of hydrogen-bond acceptors (Lipinski definition) is 7. The van der Waals surface area contributed by atoms with Crippen LogP contribution in [0.1, 0.15) is 37.0 Å². The normalized spacial score (nSPS) is 16.9. The molecule has 1 aromatic rings. The third kappa shape index (κ3) is 4.31. The molecule has 1 fully saturated rings. The van der Waals surface area contributed by atoms with Crippen LogP contribution in [0.15, 0.2) is 0 Å². The van der Waals surface area contributed by atoms with Crippen LogP contribution in [0.5, 0.6) is 0 Å². The number of nitrogen functional groups attached to an aromatic ring is 1. The lowest BCUT2D eigenvalue weighted by Gasteiger charge is -2.20. The molecule has 6 nitrogen and oxygen atoms in total. The summed E-state index contributed by atoms with van der Waals surface area (Å²) >= 11 is 1.21. The minimum Gasteiger partial charge on any atom is -0.462 e. The van der Waals surface area contributed by atoms with Crippen LogP contribution in [-0.4, -0.2) is 48.0 Å². The molecule has 118 valence electrons. The summed E-state index contributed by atoms with van der Waals surface area (Å²) in [5.41, 5.74) is 6.13. The number of nitrogens with zero attached hydrogens (tertiary/aromatic N) is 2. The number of nitrogens with one attached hydrogen (secondary N) is 1. The number of ether oxygens (including phenoxy) is 1. The van der Waals surface area contributed by atoms with E-state index in [9.17, 15) is 4.79 Å². The van der Waals surface area contributed by atoms with E-state index >= 15 is 0 Å². The second-order valence-electron chi connectivity index (χ2n) is 5.49. The van der Waals surface area contributed by atoms with E-state index in [0.717, 1.165) is 13.1 Å². The van der Waals surface area contributed by atoms with Crippen molar-refractivity contribution in [3.05, 3.63) is 5.56 Å². The number of anilines is 2. The van der Waals surface area contributed by atoms with Gasteiger partial charge < -0.3 is 20.7 Å². The van der Waals surface area contributed by atoms with Gasteiger partial charge in [0.05, 0.1) is 6.61 Å². The highest BCUT2D eigenvalue weighted by Crippen LogP contribution is 2.27. The standard InChI is InChI=1S/C14H24N4O2S/c1-3-20-14(19)11-12(15)17-21-13(11)16-8-10(2)9-18-6-4-5-7-18/h10,16H,3-9H2,1-2H3,(H2,15,17). The number of hydrogen-bond donors (Lipinski definition) is 2. The van der Waals surface area contributed by atoms with Crippen molar-refractivity contribution in [2.45, 2.75) is 26.7 Å². The van der Waals surface area contributed by atoms with E-state index < -0.39 is 5.97 Å². The summed E-state index contributed by atoms with van der Waals surface area (Å²) in [6.07, 6.45) is 2.61. The van der Waals surface area contributed by atoms with Gasteiger partial charge >= 0.3 is 5.97 Å². The molecule has 0 saturated carbocycles. The van der Waals surface area contributed by atoms with Gasteiger partial charge in [0, 0.05) is 13.1 Å². The molecule has 7 heteroatoms. The van der Waals surface area contributed by atoms with Crippen LogP contribution in [0.4, 0.5) is 10.8 Å². The maximum atomic E-state index is 11.9. The minimum absolute atomic E-state index is 0.244. The fourth-order valence-corrected chi connectivity index (χ4v) is 3.27. The van der Waals surface area contributed by atoms with Crippen molar-refractivity contribution in [3.63, 3.8) is 0 Å². The molecule has 0 spiro atoms. The van der Waals surface area contributed by atoms with E-state index in [0.29, 0.717) is 23.1 Å². The van der Waals surface area contributed by atoms with Crippen molar-refractivity contribution in [3.8, 4) is 0 Å². The quantitative estimate of drug-likeness (QED) is 0.750. The molecular formula is C14H24N4O2S. The number of aromatic nitrogens is 1. The average molecular weight is 312 g/mol. The first kappa shape index (κ1) is 16.0. The van der Waals surface area contributed by atoms with Gasteiger partial charge in [-0.1, -0.05) is 6.92 Å². The molecular weight excluding hydrogens is 288 g/mol. The third-order valence-electron chi connectivity index (χ3n) is 3.58. The Balaban J connectivity index is 1.88. The second kappa shape index (κ2) is 7.61. The molecule has 0 aromatic carbocycles. The molecule has 1 atom stereocenters. The van der Waals surface area contributed by atoms with Gasteiger partial charge in [-0.2, -0.15) is 4.37 Å². The topological polar surface area (TPSA) is 80.5 Å². The van der Waals surface area contributed by atoms with Gasteiger partial charge in [0.15, 0.2) is 5.82 Å². The summed E-state index contributed by atoms with van der Waals surface area (Å²) in [7, 11) is 0. The molecule has 0 aliphatic carbocycles. The highest BCUT2D eigenvalue weighted by Gasteiger charge is 2.21. The number of rotatable bonds is 7. The van der Waals surface area contributed by atoms with Crippen molar-refractivity contribution in [1.82, 2.24) is 9.27 Å². The lowest BCUT2D eigenvalue weighted by molar-refractivity contribution is 0.0529. The smallest absolute Gasteiger partial charge is 0.344 e. The molecule has 1 aromatic heterocycles. The molecule has 0 amide bonds. The van der Waals surface area contributed by atoms with Crippen LogP contribution in [0.2, 0.25) is 0 Å². The van der Waals surface area contributed by atoms with Gasteiger partial charge in [-0.05, 0) is 50.3 Å². The Morgan fingerprint density at radius 2 is 2.24 bits per heavy atom. The van der Waals surface area contributed by atoms with E-state index in [1.54, 1.807) is 6.92 Å². The molecule has 2 rings (SSSR count). The maximum absolute atomic E-state index is 11.9. The highest BCUT2D eigenvalue weighted by molar-refractivity contribution is 7.11. The Morgan fingerprint density at radius 1 is 1.52 bits per heavy atom. The molecule has 2 heterocycles. The Labute approximate surface area is 129 Å². The third-order valence-corrected chi connectivity index (χ3v) is 4.40. The van der Waals surface area contributed by atoms with Crippen molar-refractivity contribution in [2.24, 2.45) is 5.92 Å². The molecule has 21 heavy (non-hydrogen) atoms. The lowest BCUT2D eigenvalue weighted by atomic mass is 10.1. The van der Waals surface area contributed by atoms with E-state index in [4.69, 9.17) is 10.5 Å². The van der Waals surface area contributed by atoms with Crippen molar-refractivity contribution >= 4 is 28.3 Å². The first-order chi connectivity index (χ1) is 10.1. The summed E-state index contributed by atoms with van der Waals surface area (Å²) in [6, 6.07) is 0. The zero-order valence-corrected chi connectivity index (χ0v) is 13.5. The number of carbonyl (C=O) groups is 1. The van der Waals surface area contributed by atoms with Gasteiger partial charge in [0.25, 0.3) is 0 Å². The fraction of sp³-hybridized carbons (Fsp3) is 0.714. The monoisotopic (exact) mass is 312 g/mol. The van der Waals surface area contributed by atoms with E-state index in [1.807, 2.05) is 0 Å². The summed E-state index contributed by atoms with van der Waals surface area (Å²) < 4.78 is 9.07. The van der Waals surface area contributed by atoms with E-state index in [2.05, 4.69) is 21.5 Å². The Morgan fingerprint density at radius 3 is 2.90 bits per heavy atom. The summed E-state index contributed by atoms with van der Waals surface area (Å²) in [5, 5.41) is 4.00. The predicted octanol–water partition coefficient (Wildman–Crippen LogP) is 2.05. The summed E-state index contributed by atoms with van der Waals surface area (Å²) in [4.78, 5) is 14.4. The van der Waals surface area contributed by atoms with Crippen molar-refractivity contribution in [2.75, 3.05) is 43.8 Å². The minimum atomic E-state index is -0.404. The van der Waals surface area contributed by atoms with Gasteiger partial charge in [-0.3, -0.25) is 0 Å². The molecule has 1 saturated heterocycles. The lowest BCUT2D eigenvalue weighted by Crippen LogP contribution is -2.29. The van der Waals surface area contributed by atoms with Crippen molar-refractivity contribution in [1.29, 1.82) is 0 Å². The highest BCUT2D eigenvalue weighted by atomic mass is 32.1. The predicted molar refractivity (Wildman–Crippen MR) is 85.8 cm³/mol. The molecule has 0 bridgehead atoms. The summed E-state index contributed by atoms with van der Waals surface area (Å²) in [6.45, 7) is 8.59. The molecule has 0 radical (unpaired) electrons.